The molecule has 0 radical (unpaired) electrons. The van der Waals surface area contributed by atoms with Crippen molar-refractivity contribution in [2.24, 2.45) is 16.6 Å². The number of ether oxygens (including phenoxy) is 1. The highest BCUT2D eigenvalue weighted by atomic mass is 16.5. The normalized spacial score (nSPS) is 26.9. The zero-order valence-corrected chi connectivity index (χ0v) is 11.7. The van der Waals surface area contributed by atoms with E-state index in [-0.39, 0.29) is 16.7 Å². The highest BCUT2D eigenvalue weighted by molar-refractivity contribution is 5.83. The van der Waals surface area contributed by atoms with Gasteiger partial charge in [-0.2, -0.15) is 0 Å². The molecule has 0 spiro atoms. The molecule has 1 amide bonds. The lowest BCUT2D eigenvalue weighted by atomic mass is 9.77. The first-order chi connectivity index (χ1) is 8.49. The summed E-state index contributed by atoms with van der Waals surface area (Å²) < 4.78 is 5.38. The summed E-state index contributed by atoms with van der Waals surface area (Å²) in [6, 6.07) is 0. The zero-order chi connectivity index (χ0) is 13.2. The largest absolute Gasteiger partial charge is 0.381 e. The fourth-order valence-electron chi connectivity index (χ4n) is 3.20. The Kier molecular flexibility index (Phi) is 3.97. The van der Waals surface area contributed by atoms with E-state index in [9.17, 15) is 4.79 Å². The minimum absolute atomic E-state index is 0.245. The van der Waals surface area contributed by atoms with Gasteiger partial charge in [-0.15, -0.1) is 0 Å². The van der Waals surface area contributed by atoms with Gasteiger partial charge in [0.05, 0.1) is 5.41 Å². The summed E-state index contributed by atoms with van der Waals surface area (Å²) in [5.41, 5.74) is 5.80. The Balaban J connectivity index is 2.09. The number of amides is 1. The van der Waals surface area contributed by atoms with Crippen LogP contribution in [-0.2, 0) is 9.53 Å². The molecule has 0 aliphatic carbocycles. The molecule has 4 nitrogen and oxygen atoms in total. The molecule has 18 heavy (non-hydrogen) atoms. The molecule has 0 saturated carbocycles. The van der Waals surface area contributed by atoms with E-state index in [1.165, 1.54) is 6.42 Å². The highest BCUT2D eigenvalue weighted by Gasteiger charge is 2.43. The number of piperidine rings is 1. The lowest BCUT2D eigenvalue weighted by Crippen LogP contribution is -2.54. The topological polar surface area (TPSA) is 55.6 Å². The van der Waals surface area contributed by atoms with Crippen LogP contribution in [0.25, 0.3) is 0 Å². The van der Waals surface area contributed by atoms with E-state index in [2.05, 4.69) is 13.8 Å². The van der Waals surface area contributed by atoms with Crippen molar-refractivity contribution in [3.8, 4) is 0 Å². The van der Waals surface area contributed by atoms with Crippen molar-refractivity contribution >= 4 is 5.91 Å². The smallest absolute Gasteiger partial charge is 0.230 e. The molecular formula is C14H26N2O2. The maximum atomic E-state index is 12.8. The van der Waals surface area contributed by atoms with Crippen LogP contribution in [0.15, 0.2) is 0 Å². The molecule has 0 atom stereocenters. The van der Waals surface area contributed by atoms with Crippen molar-refractivity contribution in [1.29, 1.82) is 0 Å². The Labute approximate surface area is 110 Å². The van der Waals surface area contributed by atoms with Crippen molar-refractivity contribution in [2.45, 2.75) is 39.5 Å². The number of carbonyl (C=O) groups excluding carboxylic acids is 1. The Bertz CT molecular complexity index is 309. The number of carbonyl (C=O) groups is 1. The minimum atomic E-state index is -0.355. The molecule has 0 aromatic rings. The standard InChI is InChI=1S/C14H26N2O2/c1-13(2)4-3-7-16(11-13)12(17)14(10-15)5-8-18-9-6-14/h3-11,15H2,1-2H3. The molecule has 2 rings (SSSR count). The molecule has 2 aliphatic rings. The van der Waals surface area contributed by atoms with Crippen LogP contribution in [0.5, 0.6) is 0 Å². The Morgan fingerprint density at radius 3 is 2.50 bits per heavy atom. The van der Waals surface area contributed by atoms with E-state index in [1.54, 1.807) is 0 Å². The maximum absolute atomic E-state index is 12.8. The second-order valence-corrected chi connectivity index (χ2v) is 6.59. The van der Waals surface area contributed by atoms with Gasteiger partial charge in [-0.3, -0.25) is 4.79 Å². The van der Waals surface area contributed by atoms with Crippen molar-refractivity contribution in [3.05, 3.63) is 0 Å². The lowest BCUT2D eigenvalue weighted by Gasteiger charge is -2.44. The highest BCUT2D eigenvalue weighted by Crippen LogP contribution is 2.35. The monoisotopic (exact) mass is 254 g/mol. The molecule has 2 aliphatic heterocycles. The third-order valence-electron chi connectivity index (χ3n) is 4.48. The quantitative estimate of drug-likeness (QED) is 0.810. The van der Waals surface area contributed by atoms with Gasteiger partial charge in [0.2, 0.25) is 5.91 Å². The third kappa shape index (κ3) is 2.69. The van der Waals surface area contributed by atoms with Gasteiger partial charge in [0.25, 0.3) is 0 Å². The number of hydrogen-bond acceptors (Lipinski definition) is 3. The van der Waals surface area contributed by atoms with Crippen LogP contribution >= 0.6 is 0 Å². The molecule has 0 aromatic carbocycles. The molecule has 2 N–H and O–H groups in total. The molecule has 2 saturated heterocycles. The fraction of sp³-hybridized carbons (Fsp3) is 0.929. The summed E-state index contributed by atoms with van der Waals surface area (Å²) in [4.78, 5) is 14.8. The number of rotatable bonds is 2. The van der Waals surface area contributed by atoms with Crippen LogP contribution in [0.4, 0.5) is 0 Å². The zero-order valence-electron chi connectivity index (χ0n) is 11.7. The summed E-state index contributed by atoms with van der Waals surface area (Å²) in [7, 11) is 0. The van der Waals surface area contributed by atoms with Gasteiger partial charge in [-0.05, 0) is 31.1 Å². The van der Waals surface area contributed by atoms with Gasteiger partial charge in [0.15, 0.2) is 0 Å². The maximum Gasteiger partial charge on any atom is 0.230 e. The summed E-state index contributed by atoms with van der Waals surface area (Å²) in [5, 5.41) is 0. The second-order valence-electron chi connectivity index (χ2n) is 6.59. The summed E-state index contributed by atoms with van der Waals surface area (Å²) in [6.07, 6.45) is 3.87. The predicted molar refractivity (Wildman–Crippen MR) is 71.1 cm³/mol. The summed E-state index contributed by atoms with van der Waals surface area (Å²) in [5.74, 6) is 0.265. The predicted octanol–water partition coefficient (Wildman–Crippen LogP) is 1.39. The van der Waals surface area contributed by atoms with E-state index >= 15 is 0 Å². The van der Waals surface area contributed by atoms with Crippen LogP contribution in [-0.4, -0.2) is 43.7 Å². The van der Waals surface area contributed by atoms with Crippen LogP contribution in [0.1, 0.15) is 39.5 Å². The van der Waals surface area contributed by atoms with Gasteiger partial charge in [0, 0.05) is 32.8 Å². The minimum Gasteiger partial charge on any atom is -0.381 e. The Morgan fingerprint density at radius 2 is 1.94 bits per heavy atom. The van der Waals surface area contributed by atoms with Crippen molar-refractivity contribution in [1.82, 2.24) is 4.90 Å². The van der Waals surface area contributed by atoms with E-state index in [4.69, 9.17) is 10.5 Å². The van der Waals surface area contributed by atoms with Crippen molar-refractivity contribution in [2.75, 3.05) is 32.8 Å². The first-order valence-electron chi connectivity index (χ1n) is 7.06. The number of hydrogen-bond donors (Lipinski definition) is 1. The Hall–Kier alpha value is -0.610. The SMILES string of the molecule is CC1(C)CCCN(C(=O)C2(CN)CCOCC2)C1. The number of nitrogens with zero attached hydrogens (tertiary/aromatic N) is 1. The first kappa shape index (κ1) is 13.8. The first-order valence-corrected chi connectivity index (χ1v) is 7.06. The average molecular weight is 254 g/mol. The van der Waals surface area contributed by atoms with E-state index in [0.717, 1.165) is 32.4 Å². The van der Waals surface area contributed by atoms with Crippen molar-refractivity contribution < 1.29 is 9.53 Å². The molecule has 104 valence electrons. The molecule has 2 fully saturated rings. The summed E-state index contributed by atoms with van der Waals surface area (Å²) in [6.45, 7) is 8.03. The van der Waals surface area contributed by atoms with Gasteiger partial charge >= 0.3 is 0 Å². The molecule has 0 bridgehead atoms. The average Bonchev–Trinajstić information content (AvgIpc) is 2.37. The number of nitrogens with two attached hydrogens (primary N) is 1. The molecular weight excluding hydrogens is 228 g/mol. The molecule has 0 aromatic heterocycles. The van der Waals surface area contributed by atoms with Crippen molar-refractivity contribution in [3.63, 3.8) is 0 Å². The Morgan fingerprint density at radius 1 is 1.28 bits per heavy atom. The van der Waals surface area contributed by atoms with Crippen LogP contribution in [0.3, 0.4) is 0 Å². The molecule has 0 unspecified atom stereocenters. The van der Waals surface area contributed by atoms with Crippen LogP contribution < -0.4 is 5.73 Å². The van der Waals surface area contributed by atoms with E-state index in [0.29, 0.717) is 19.8 Å². The molecule has 2 heterocycles. The number of likely N-dealkylation sites (tertiary alicyclic amines) is 1. The van der Waals surface area contributed by atoms with Gasteiger partial charge in [-0.1, -0.05) is 13.8 Å². The van der Waals surface area contributed by atoms with E-state index < -0.39 is 0 Å². The van der Waals surface area contributed by atoms with Gasteiger partial charge < -0.3 is 15.4 Å². The van der Waals surface area contributed by atoms with Gasteiger partial charge in [0.1, 0.15) is 0 Å². The van der Waals surface area contributed by atoms with Crippen LogP contribution in [0.2, 0.25) is 0 Å². The van der Waals surface area contributed by atoms with E-state index in [1.807, 2.05) is 4.90 Å². The molecule has 4 heteroatoms. The summed E-state index contributed by atoms with van der Waals surface area (Å²) >= 11 is 0. The van der Waals surface area contributed by atoms with Gasteiger partial charge in [-0.25, -0.2) is 0 Å². The van der Waals surface area contributed by atoms with Crippen LogP contribution in [0, 0.1) is 10.8 Å². The fourth-order valence-corrected chi connectivity index (χ4v) is 3.20. The second kappa shape index (κ2) is 5.17. The third-order valence-corrected chi connectivity index (χ3v) is 4.48. The lowest BCUT2D eigenvalue weighted by molar-refractivity contribution is -0.150.